The Morgan fingerprint density at radius 1 is 1.21 bits per heavy atom. The van der Waals surface area contributed by atoms with Crippen LogP contribution in [0.5, 0.6) is 0 Å². The molecule has 0 amide bonds. The van der Waals surface area contributed by atoms with Crippen molar-refractivity contribution in [2.45, 2.75) is 17.9 Å². The lowest BCUT2D eigenvalue weighted by Gasteiger charge is -2.12. The molecule has 0 aliphatic carbocycles. The Morgan fingerprint density at radius 3 is 2.37 bits per heavy atom. The van der Waals surface area contributed by atoms with Crippen molar-refractivity contribution < 1.29 is 12.8 Å². The molecule has 0 spiro atoms. The molecule has 1 aromatic heterocycles. The minimum Gasteiger partial charge on any atom is -0.207 e. The van der Waals surface area contributed by atoms with Gasteiger partial charge in [0.2, 0.25) is 10.0 Å². The monoisotopic (exact) mass is 319 g/mol. The molecular formula is C12H11ClFNO2S2. The normalized spacial score (nSPS) is 13.4. The molecule has 1 atom stereocenters. The number of benzene rings is 1. The predicted molar refractivity (Wildman–Crippen MR) is 74.5 cm³/mol. The fourth-order valence-electron chi connectivity index (χ4n) is 1.53. The van der Waals surface area contributed by atoms with Crippen LogP contribution in [0.25, 0.3) is 0 Å². The van der Waals surface area contributed by atoms with Crippen LogP contribution in [0.4, 0.5) is 4.39 Å². The second kappa shape index (κ2) is 5.58. The molecule has 0 aliphatic heterocycles. The SMILES string of the molecule is C[C@@H](NS(=O)(=O)c1ccc(F)cc1)c1ccc(Cl)s1. The number of nitrogens with one attached hydrogen (secondary N) is 1. The van der Waals surface area contributed by atoms with Gasteiger partial charge >= 0.3 is 0 Å². The molecule has 0 radical (unpaired) electrons. The van der Waals surface area contributed by atoms with Crippen LogP contribution < -0.4 is 4.72 Å². The summed E-state index contributed by atoms with van der Waals surface area (Å²) < 4.78 is 40.0. The lowest BCUT2D eigenvalue weighted by atomic mass is 10.3. The standard InChI is InChI=1S/C12H11ClFNO2S2/c1-8(11-6-7-12(13)18-11)15-19(16,17)10-4-2-9(14)3-5-10/h2-8,15H,1H3/t8-/m1/s1. The van der Waals surface area contributed by atoms with Crippen LogP contribution in [0.1, 0.15) is 17.8 Å². The van der Waals surface area contributed by atoms with Crippen LogP contribution in [0.2, 0.25) is 4.34 Å². The molecule has 0 unspecified atom stereocenters. The Morgan fingerprint density at radius 2 is 1.84 bits per heavy atom. The largest absolute Gasteiger partial charge is 0.241 e. The van der Waals surface area contributed by atoms with E-state index in [4.69, 9.17) is 11.6 Å². The average Bonchev–Trinajstić information content (AvgIpc) is 2.76. The van der Waals surface area contributed by atoms with Crippen molar-refractivity contribution in [2.75, 3.05) is 0 Å². The number of hydrogen-bond donors (Lipinski definition) is 1. The van der Waals surface area contributed by atoms with Gasteiger partial charge in [0.05, 0.1) is 15.3 Å². The van der Waals surface area contributed by atoms with E-state index in [0.29, 0.717) is 4.34 Å². The second-order valence-electron chi connectivity index (χ2n) is 3.94. The van der Waals surface area contributed by atoms with Crippen molar-refractivity contribution >= 4 is 33.0 Å². The van der Waals surface area contributed by atoms with Crippen molar-refractivity contribution in [1.29, 1.82) is 0 Å². The molecule has 1 N–H and O–H groups in total. The highest BCUT2D eigenvalue weighted by Gasteiger charge is 2.19. The highest BCUT2D eigenvalue weighted by atomic mass is 35.5. The first-order valence-corrected chi connectivity index (χ1v) is 8.09. The third-order valence-corrected chi connectivity index (χ3v) is 5.45. The van der Waals surface area contributed by atoms with Crippen LogP contribution in [0.15, 0.2) is 41.3 Å². The van der Waals surface area contributed by atoms with Crippen molar-refractivity contribution in [3.8, 4) is 0 Å². The predicted octanol–water partition coefficient (Wildman–Crippen LogP) is 3.58. The summed E-state index contributed by atoms with van der Waals surface area (Å²) >= 11 is 7.12. The van der Waals surface area contributed by atoms with Crippen molar-refractivity contribution in [3.63, 3.8) is 0 Å². The van der Waals surface area contributed by atoms with E-state index in [2.05, 4.69) is 4.72 Å². The van der Waals surface area contributed by atoms with Gasteiger partial charge in [0, 0.05) is 4.88 Å². The zero-order valence-corrected chi connectivity index (χ0v) is 12.3. The third kappa shape index (κ3) is 3.54. The molecule has 0 fully saturated rings. The van der Waals surface area contributed by atoms with E-state index in [1.54, 1.807) is 19.1 Å². The summed E-state index contributed by atoms with van der Waals surface area (Å²) in [5.74, 6) is -0.475. The molecule has 2 aromatic rings. The number of hydrogen-bond acceptors (Lipinski definition) is 3. The molecule has 7 heteroatoms. The number of rotatable bonds is 4. The Labute approximate surface area is 120 Å². The summed E-state index contributed by atoms with van der Waals surface area (Å²) in [7, 11) is -3.67. The maximum atomic E-state index is 12.8. The molecule has 1 heterocycles. The molecule has 0 aliphatic rings. The van der Waals surface area contributed by atoms with Gasteiger partial charge in [0.1, 0.15) is 5.82 Å². The molecule has 0 saturated heterocycles. The Kier molecular flexibility index (Phi) is 4.25. The van der Waals surface area contributed by atoms with Gasteiger partial charge in [-0.15, -0.1) is 11.3 Å². The van der Waals surface area contributed by atoms with E-state index in [1.165, 1.54) is 23.5 Å². The summed E-state index contributed by atoms with van der Waals surface area (Å²) in [5, 5.41) is 0. The zero-order chi connectivity index (χ0) is 14.0. The quantitative estimate of drug-likeness (QED) is 0.936. The van der Waals surface area contributed by atoms with Crippen LogP contribution >= 0.6 is 22.9 Å². The average molecular weight is 320 g/mol. The first-order chi connectivity index (χ1) is 8.88. The second-order valence-corrected chi connectivity index (χ2v) is 7.40. The summed E-state index contributed by atoms with van der Waals surface area (Å²) in [6, 6.07) is 7.77. The maximum Gasteiger partial charge on any atom is 0.241 e. The smallest absolute Gasteiger partial charge is 0.207 e. The van der Waals surface area contributed by atoms with E-state index in [1.807, 2.05) is 0 Å². The maximum absolute atomic E-state index is 12.8. The van der Waals surface area contributed by atoms with Gasteiger partial charge in [0.25, 0.3) is 0 Å². The van der Waals surface area contributed by atoms with E-state index in [0.717, 1.165) is 17.0 Å². The molecule has 19 heavy (non-hydrogen) atoms. The lowest BCUT2D eigenvalue weighted by molar-refractivity contribution is 0.568. The minimum atomic E-state index is -3.67. The van der Waals surface area contributed by atoms with Gasteiger partial charge in [-0.25, -0.2) is 17.5 Å². The van der Waals surface area contributed by atoms with Crippen LogP contribution in [-0.4, -0.2) is 8.42 Å². The van der Waals surface area contributed by atoms with Gasteiger partial charge in [-0.3, -0.25) is 0 Å². The van der Waals surface area contributed by atoms with Crippen molar-refractivity contribution in [3.05, 3.63) is 51.4 Å². The molecule has 0 bridgehead atoms. The van der Waals surface area contributed by atoms with Crippen molar-refractivity contribution in [1.82, 2.24) is 4.72 Å². The third-order valence-electron chi connectivity index (χ3n) is 2.48. The highest BCUT2D eigenvalue weighted by Crippen LogP contribution is 2.27. The Bertz CT molecular complexity index is 667. The van der Waals surface area contributed by atoms with E-state index >= 15 is 0 Å². The van der Waals surface area contributed by atoms with Crippen LogP contribution in [-0.2, 0) is 10.0 Å². The molecule has 3 nitrogen and oxygen atoms in total. The summed E-state index contributed by atoms with van der Waals surface area (Å²) in [4.78, 5) is 0.846. The van der Waals surface area contributed by atoms with Gasteiger partial charge < -0.3 is 0 Å². The number of sulfonamides is 1. The van der Waals surface area contributed by atoms with Gasteiger partial charge in [-0.1, -0.05) is 11.6 Å². The molecule has 2 rings (SSSR count). The van der Waals surface area contributed by atoms with Crippen LogP contribution in [0.3, 0.4) is 0 Å². The van der Waals surface area contributed by atoms with Crippen LogP contribution in [0, 0.1) is 5.82 Å². The number of thiophene rings is 1. The lowest BCUT2D eigenvalue weighted by Crippen LogP contribution is -2.26. The first-order valence-electron chi connectivity index (χ1n) is 5.41. The number of halogens is 2. The highest BCUT2D eigenvalue weighted by molar-refractivity contribution is 7.89. The molecule has 1 aromatic carbocycles. The Hall–Kier alpha value is -0.950. The topological polar surface area (TPSA) is 46.2 Å². The van der Waals surface area contributed by atoms with Gasteiger partial charge in [0.15, 0.2) is 0 Å². The molecule has 0 saturated carbocycles. The summed E-state index contributed by atoms with van der Waals surface area (Å²) in [5.41, 5.74) is 0. The van der Waals surface area contributed by atoms with Crippen molar-refractivity contribution in [2.24, 2.45) is 0 Å². The fraction of sp³-hybridized carbons (Fsp3) is 0.167. The van der Waals surface area contributed by atoms with E-state index < -0.39 is 21.9 Å². The minimum absolute atomic E-state index is 0.0309. The van der Waals surface area contributed by atoms with E-state index in [9.17, 15) is 12.8 Å². The molecular weight excluding hydrogens is 309 g/mol. The van der Waals surface area contributed by atoms with Gasteiger partial charge in [-0.05, 0) is 43.3 Å². The Balaban J connectivity index is 2.19. The fourth-order valence-corrected chi connectivity index (χ4v) is 3.89. The summed E-state index contributed by atoms with van der Waals surface area (Å²) in [6.07, 6.45) is 0. The van der Waals surface area contributed by atoms with Gasteiger partial charge in [-0.2, -0.15) is 0 Å². The first kappa shape index (κ1) is 14.5. The molecule has 102 valence electrons. The summed E-state index contributed by atoms with van der Waals surface area (Å²) in [6.45, 7) is 1.73. The zero-order valence-electron chi connectivity index (χ0n) is 9.93. The van der Waals surface area contributed by atoms with E-state index in [-0.39, 0.29) is 4.90 Å².